The van der Waals surface area contributed by atoms with Crippen molar-refractivity contribution < 1.29 is 0 Å². The number of rotatable bonds is 1. The molecule has 3 nitrogen and oxygen atoms in total. The van der Waals surface area contributed by atoms with Crippen molar-refractivity contribution in [2.45, 2.75) is 13.3 Å². The summed E-state index contributed by atoms with van der Waals surface area (Å²) in [6.45, 7) is 4.14. The molecule has 2 rings (SSSR count). The van der Waals surface area contributed by atoms with Crippen LogP contribution in [-0.2, 0) is 0 Å². The SMILES string of the molecule is CC1=CCN(c2ncccn2)CC1. The summed E-state index contributed by atoms with van der Waals surface area (Å²) in [4.78, 5) is 10.6. The molecule has 1 aromatic heterocycles. The van der Waals surface area contributed by atoms with E-state index < -0.39 is 0 Å². The highest BCUT2D eigenvalue weighted by Gasteiger charge is 2.10. The summed E-state index contributed by atoms with van der Waals surface area (Å²) < 4.78 is 0. The smallest absolute Gasteiger partial charge is 0.225 e. The molecule has 0 radical (unpaired) electrons. The molecule has 0 spiro atoms. The van der Waals surface area contributed by atoms with Crippen LogP contribution in [0.1, 0.15) is 13.3 Å². The summed E-state index contributed by atoms with van der Waals surface area (Å²) in [5.41, 5.74) is 1.46. The normalized spacial score (nSPS) is 17.0. The second-order valence-corrected chi connectivity index (χ2v) is 3.30. The van der Waals surface area contributed by atoms with Crippen LogP contribution in [0.15, 0.2) is 30.1 Å². The van der Waals surface area contributed by atoms with Gasteiger partial charge in [0.2, 0.25) is 5.95 Å². The minimum Gasteiger partial charge on any atom is -0.337 e. The van der Waals surface area contributed by atoms with Gasteiger partial charge in [0.1, 0.15) is 0 Å². The van der Waals surface area contributed by atoms with E-state index >= 15 is 0 Å². The van der Waals surface area contributed by atoms with Gasteiger partial charge in [-0.1, -0.05) is 11.6 Å². The molecule has 1 aliphatic rings. The lowest BCUT2D eigenvalue weighted by atomic mass is 10.1. The van der Waals surface area contributed by atoms with Crippen LogP contribution in [0.5, 0.6) is 0 Å². The van der Waals surface area contributed by atoms with Gasteiger partial charge in [-0.15, -0.1) is 0 Å². The first kappa shape index (κ1) is 8.23. The average molecular weight is 175 g/mol. The van der Waals surface area contributed by atoms with Crippen molar-refractivity contribution in [2.24, 2.45) is 0 Å². The lowest BCUT2D eigenvalue weighted by Gasteiger charge is -2.24. The number of hydrogen-bond acceptors (Lipinski definition) is 3. The zero-order valence-electron chi connectivity index (χ0n) is 7.77. The topological polar surface area (TPSA) is 29.0 Å². The summed E-state index contributed by atoms with van der Waals surface area (Å²) in [5, 5.41) is 0. The van der Waals surface area contributed by atoms with E-state index in [1.165, 1.54) is 5.57 Å². The van der Waals surface area contributed by atoms with Gasteiger partial charge >= 0.3 is 0 Å². The minimum absolute atomic E-state index is 0.839. The van der Waals surface area contributed by atoms with Crippen molar-refractivity contribution in [1.82, 2.24) is 9.97 Å². The van der Waals surface area contributed by atoms with Crippen LogP contribution in [-0.4, -0.2) is 23.1 Å². The molecular weight excluding hydrogens is 162 g/mol. The Bertz CT molecular complexity index is 305. The highest BCUT2D eigenvalue weighted by atomic mass is 15.2. The molecular formula is C10H13N3. The number of anilines is 1. The predicted molar refractivity (Wildman–Crippen MR) is 52.6 cm³/mol. The van der Waals surface area contributed by atoms with Crippen LogP contribution in [0.2, 0.25) is 0 Å². The van der Waals surface area contributed by atoms with Crippen LogP contribution in [0.3, 0.4) is 0 Å². The van der Waals surface area contributed by atoms with E-state index in [1.54, 1.807) is 12.4 Å². The molecule has 0 fully saturated rings. The summed E-state index contributed by atoms with van der Waals surface area (Å²) in [5.74, 6) is 0.839. The van der Waals surface area contributed by atoms with Crippen LogP contribution < -0.4 is 4.90 Å². The molecule has 1 aliphatic heterocycles. The third-order valence-electron chi connectivity index (χ3n) is 2.27. The van der Waals surface area contributed by atoms with E-state index in [4.69, 9.17) is 0 Å². The van der Waals surface area contributed by atoms with E-state index in [9.17, 15) is 0 Å². The highest BCUT2D eigenvalue weighted by Crippen LogP contribution is 2.13. The van der Waals surface area contributed by atoms with E-state index in [0.29, 0.717) is 0 Å². The second-order valence-electron chi connectivity index (χ2n) is 3.30. The third-order valence-corrected chi connectivity index (χ3v) is 2.27. The molecule has 68 valence electrons. The fourth-order valence-corrected chi connectivity index (χ4v) is 1.41. The molecule has 0 atom stereocenters. The van der Waals surface area contributed by atoms with E-state index in [-0.39, 0.29) is 0 Å². The Balaban J connectivity index is 2.12. The Morgan fingerprint density at radius 1 is 1.31 bits per heavy atom. The van der Waals surface area contributed by atoms with Gasteiger partial charge in [-0.25, -0.2) is 9.97 Å². The van der Waals surface area contributed by atoms with Crippen molar-refractivity contribution in [3.8, 4) is 0 Å². The van der Waals surface area contributed by atoms with Gasteiger partial charge in [-0.05, 0) is 19.4 Å². The Hall–Kier alpha value is -1.38. The maximum Gasteiger partial charge on any atom is 0.225 e. The molecule has 2 heterocycles. The summed E-state index contributed by atoms with van der Waals surface area (Å²) in [6, 6.07) is 1.84. The predicted octanol–water partition coefficient (Wildman–Crippen LogP) is 1.63. The van der Waals surface area contributed by atoms with E-state index in [1.807, 2.05) is 6.07 Å². The number of nitrogens with zero attached hydrogens (tertiary/aromatic N) is 3. The van der Waals surface area contributed by atoms with Crippen LogP contribution >= 0.6 is 0 Å². The van der Waals surface area contributed by atoms with Crippen molar-refractivity contribution in [3.05, 3.63) is 30.1 Å². The molecule has 0 aromatic carbocycles. The molecule has 0 N–H and O–H groups in total. The molecule has 13 heavy (non-hydrogen) atoms. The van der Waals surface area contributed by atoms with Gasteiger partial charge in [0.15, 0.2) is 0 Å². The maximum absolute atomic E-state index is 4.21. The Morgan fingerprint density at radius 2 is 2.08 bits per heavy atom. The van der Waals surface area contributed by atoms with Gasteiger partial charge in [0.25, 0.3) is 0 Å². The van der Waals surface area contributed by atoms with Crippen LogP contribution in [0.4, 0.5) is 5.95 Å². The van der Waals surface area contributed by atoms with Crippen molar-refractivity contribution >= 4 is 5.95 Å². The lowest BCUT2D eigenvalue weighted by molar-refractivity contribution is 0.760. The zero-order chi connectivity index (χ0) is 9.10. The van der Waals surface area contributed by atoms with E-state index in [2.05, 4.69) is 27.9 Å². The standard InChI is InChI=1S/C10H13N3/c1-9-3-7-13(8-4-9)10-11-5-2-6-12-10/h2-3,5-6H,4,7-8H2,1H3. The fraction of sp³-hybridized carbons (Fsp3) is 0.400. The monoisotopic (exact) mass is 175 g/mol. The van der Waals surface area contributed by atoms with Crippen LogP contribution in [0.25, 0.3) is 0 Å². The summed E-state index contributed by atoms with van der Waals surface area (Å²) >= 11 is 0. The third kappa shape index (κ3) is 1.86. The molecule has 1 aromatic rings. The molecule has 0 saturated heterocycles. The first-order valence-corrected chi connectivity index (χ1v) is 4.54. The quantitative estimate of drug-likeness (QED) is 0.607. The molecule has 0 bridgehead atoms. The minimum atomic E-state index is 0.839. The highest BCUT2D eigenvalue weighted by molar-refractivity contribution is 5.32. The van der Waals surface area contributed by atoms with Gasteiger partial charge in [0.05, 0.1) is 0 Å². The molecule has 0 saturated carbocycles. The van der Waals surface area contributed by atoms with Gasteiger partial charge in [0, 0.05) is 25.5 Å². The fourth-order valence-electron chi connectivity index (χ4n) is 1.41. The average Bonchev–Trinajstić information content (AvgIpc) is 2.20. The second kappa shape index (κ2) is 3.56. The summed E-state index contributed by atoms with van der Waals surface area (Å²) in [7, 11) is 0. The number of aromatic nitrogens is 2. The zero-order valence-corrected chi connectivity index (χ0v) is 7.77. The largest absolute Gasteiger partial charge is 0.337 e. The molecule has 0 aliphatic carbocycles. The van der Waals surface area contributed by atoms with Gasteiger partial charge in [-0.3, -0.25) is 0 Å². The molecule has 0 amide bonds. The van der Waals surface area contributed by atoms with Crippen LogP contribution in [0, 0.1) is 0 Å². The molecule has 3 heteroatoms. The summed E-state index contributed by atoms with van der Waals surface area (Å²) in [6.07, 6.45) is 6.93. The number of hydrogen-bond donors (Lipinski definition) is 0. The Morgan fingerprint density at radius 3 is 2.69 bits per heavy atom. The Kier molecular flexibility index (Phi) is 2.25. The first-order valence-electron chi connectivity index (χ1n) is 4.54. The van der Waals surface area contributed by atoms with E-state index in [0.717, 1.165) is 25.5 Å². The first-order chi connectivity index (χ1) is 6.36. The van der Waals surface area contributed by atoms with Crippen molar-refractivity contribution in [3.63, 3.8) is 0 Å². The molecule has 0 unspecified atom stereocenters. The Labute approximate surface area is 78.1 Å². The van der Waals surface area contributed by atoms with Crippen molar-refractivity contribution in [1.29, 1.82) is 0 Å². The van der Waals surface area contributed by atoms with Crippen molar-refractivity contribution in [2.75, 3.05) is 18.0 Å². The van der Waals surface area contributed by atoms with Gasteiger partial charge < -0.3 is 4.90 Å². The maximum atomic E-state index is 4.21. The lowest BCUT2D eigenvalue weighted by Crippen LogP contribution is -2.29. The van der Waals surface area contributed by atoms with Gasteiger partial charge in [-0.2, -0.15) is 0 Å².